The summed E-state index contributed by atoms with van der Waals surface area (Å²) in [5.41, 5.74) is 0. The van der Waals surface area contributed by atoms with Gasteiger partial charge in [0.25, 0.3) is 0 Å². The van der Waals surface area contributed by atoms with Gasteiger partial charge in [-0.1, -0.05) is 13.8 Å². The second-order valence-corrected chi connectivity index (χ2v) is 6.88. The SMILES string of the molecule is CCNC1CCC(C)CC1N(CC1CC1)C(C)C. The fourth-order valence-electron chi connectivity index (χ4n) is 3.55. The summed E-state index contributed by atoms with van der Waals surface area (Å²) in [5, 5.41) is 3.74. The van der Waals surface area contributed by atoms with E-state index in [2.05, 4.69) is 37.9 Å². The van der Waals surface area contributed by atoms with Crippen LogP contribution in [0.3, 0.4) is 0 Å². The van der Waals surface area contributed by atoms with Crippen molar-refractivity contribution >= 4 is 0 Å². The highest BCUT2D eigenvalue weighted by molar-refractivity contribution is 4.93. The summed E-state index contributed by atoms with van der Waals surface area (Å²) in [6.45, 7) is 11.9. The van der Waals surface area contributed by atoms with Crippen LogP contribution >= 0.6 is 0 Å². The number of nitrogens with zero attached hydrogens (tertiary/aromatic N) is 1. The minimum atomic E-state index is 0.696. The molecule has 0 aromatic carbocycles. The minimum absolute atomic E-state index is 0.696. The lowest BCUT2D eigenvalue weighted by Crippen LogP contribution is -2.55. The lowest BCUT2D eigenvalue weighted by Gasteiger charge is -2.44. The van der Waals surface area contributed by atoms with E-state index in [1.807, 2.05) is 0 Å². The third-order valence-electron chi connectivity index (χ3n) is 4.80. The van der Waals surface area contributed by atoms with Gasteiger partial charge in [-0.3, -0.25) is 4.90 Å². The summed E-state index contributed by atoms with van der Waals surface area (Å²) in [7, 11) is 0. The number of hydrogen-bond acceptors (Lipinski definition) is 2. The molecule has 0 amide bonds. The lowest BCUT2D eigenvalue weighted by molar-refractivity contribution is 0.0709. The molecule has 0 spiro atoms. The molecule has 2 aliphatic carbocycles. The zero-order valence-corrected chi connectivity index (χ0v) is 12.8. The number of nitrogens with one attached hydrogen (secondary N) is 1. The highest BCUT2D eigenvalue weighted by Gasteiger charge is 2.36. The molecule has 3 atom stereocenters. The Morgan fingerprint density at radius 2 is 1.89 bits per heavy atom. The molecule has 0 radical (unpaired) electrons. The van der Waals surface area contributed by atoms with Gasteiger partial charge in [0.05, 0.1) is 0 Å². The first kappa shape index (κ1) is 14.3. The van der Waals surface area contributed by atoms with E-state index in [1.54, 1.807) is 0 Å². The molecule has 2 rings (SSSR count). The van der Waals surface area contributed by atoms with Gasteiger partial charge in [-0.2, -0.15) is 0 Å². The Hall–Kier alpha value is -0.0800. The van der Waals surface area contributed by atoms with Crippen molar-refractivity contribution in [3.8, 4) is 0 Å². The maximum absolute atomic E-state index is 3.74. The minimum Gasteiger partial charge on any atom is -0.313 e. The topological polar surface area (TPSA) is 15.3 Å². The predicted molar refractivity (Wildman–Crippen MR) is 78.8 cm³/mol. The van der Waals surface area contributed by atoms with E-state index in [4.69, 9.17) is 0 Å². The maximum atomic E-state index is 3.74. The Morgan fingerprint density at radius 1 is 1.17 bits per heavy atom. The number of hydrogen-bond donors (Lipinski definition) is 1. The van der Waals surface area contributed by atoms with Crippen LogP contribution in [0.15, 0.2) is 0 Å². The zero-order valence-electron chi connectivity index (χ0n) is 12.8. The largest absolute Gasteiger partial charge is 0.313 e. The average molecular weight is 252 g/mol. The normalized spacial score (nSPS) is 33.3. The molecule has 0 bridgehead atoms. The van der Waals surface area contributed by atoms with Gasteiger partial charge >= 0.3 is 0 Å². The van der Waals surface area contributed by atoms with Gasteiger partial charge in [0, 0.05) is 24.7 Å². The van der Waals surface area contributed by atoms with Gasteiger partial charge in [-0.05, 0) is 64.3 Å². The van der Waals surface area contributed by atoms with E-state index < -0.39 is 0 Å². The van der Waals surface area contributed by atoms with Crippen molar-refractivity contribution < 1.29 is 0 Å². The summed E-state index contributed by atoms with van der Waals surface area (Å²) < 4.78 is 0. The van der Waals surface area contributed by atoms with Crippen molar-refractivity contribution in [1.82, 2.24) is 10.2 Å². The first-order chi connectivity index (χ1) is 8.61. The van der Waals surface area contributed by atoms with Gasteiger partial charge in [-0.15, -0.1) is 0 Å². The fraction of sp³-hybridized carbons (Fsp3) is 1.00. The molecular formula is C16H32N2. The summed E-state index contributed by atoms with van der Waals surface area (Å²) in [5.74, 6) is 1.91. The predicted octanol–water partition coefficient (Wildman–Crippen LogP) is 3.27. The number of likely N-dealkylation sites (N-methyl/N-ethyl adjacent to an activating group) is 1. The maximum Gasteiger partial charge on any atom is 0.0254 e. The molecule has 0 aromatic heterocycles. The molecule has 3 unspecified atom stereocenters. The molecular weight excluding hydrogens is 220 g/mol. The molecule has 0 aliphatic heterocycles. The van der Waals surface area contributed by atoms with E-state index in [9.17, 15) is 0 Å². The second kappa shape index (κ2) is 6.38. The van der Waals surface area contributed by atoms with Crippen LogP contribution in [0.1, 0.15) is 59.8 Å². The van der Waals surface area contributed by atoms with Crippen molar-refractivity contribution in [1.29, 1.82) is 0 Å². The van der Waals surface area contributed by atoms with Crippen LogP contribution < -0.4 is 5.32 Å². The van der Waals surface area contributed by atoms with Crippen LogP contribution in [0.2, 0.25) is 0 Å². The van der Waals surface area contributed by atoms with Crippen LogP contribution in [0.25, 0.3) is 0 Å². The quantitative estimate of drug-likeness (QED) is 0.780. The van der Waals surface area contributed by atoms with Gasteiger partial charge in [0.2, 0.25) is 0 Å². The molecule has 2 aliphatic rings. The van der Waals surface area contributed by atoms with Gasteiger partial charge < -0.3 is 5.32 Å². The van der Waals surface area contributed by atoms with E-state index in [-0.39, 0.29) is 0 Å². The molecule has 0 aromatic rings. The Labute approximate surface area is 114 Å². The molecule has 0 heterocycles. The Kier molecular flexibility index (Phi) is 5.08. The Morgan fingerprint density at radius 3 is 2.44 bits per heavy atom. The van der Waals surface area contributed by atoms with E-state index in [0.717, 1.165) is 30.5 Å². The highest BCUT2D eigenvalue weighted by Crippen LogP contribution is 2.34. The van der Waals surface area contributed by atoms with Gasteiger partial charge in [0.1, 0.15) is 0 Å². The Balaban J connectivity index is 2.01. The van der Waals surface area contributed by atoms with Crippen LogP contribution in [0.5, 0.6) is 0 Å². The van der Waals surface area contributed by atoms with Gasteiger partial charge in [-0.25, -0.2) is 0 Å². The van der Waals surface area contributed by atoms with Crippen molar-refractivity contribution in [2.45, 2.75) is 77.9 Å². The van der Waals surface area contributed by atoms with E-state index in [0.29, 0.717) is 6.04 Å². The van der Waals surface area contributed by atoms with E-state index >= 15 is 0 Å². The standard InChI is InChI=1S/C16H32N2/c1-5-17-15-9-6-13(4)10-16(15)18(12(2)3)11-14-7-8-14/h12-17H,5-11H2,1-4H3. The third kappa shape index (κ3) is 3.71. The van der Waals surface area contributed by atoms with Crippen molar-refractivity contribution in [2.75, 3.05) is 13.1 Å². The van der Waals surface area contributed by atoms with Crippen molar-refractivity contribution in [3.05, 3.63) is 0 Å². The fourth-order valence-corrected chi connectivity index (χ4v) is 3.55. The molecule has 18 heavy (non-hydrogen) atoms. The molecule has 2 saturated carbocycles. The highest BCUT2D eigenvalue weighted by atomic mass is 15.2. The van der Waals surface area contributed by atoms with Gasteiger partial charge in [0.15, 0.2) is 0 Å². The second-order valence-electron chi connectivity index (χ2n) is 6.88. The lowest BCUT2D eigenvalue weighted by atomic mass is 9.82. The summed E-state index contributed by atoms with van der Waals surface area (Å²) in [4.78, 5) is 2.81. The van der Waals surface area contributed by atoms with Crippen LogP contribution in [0, 0.1) is 11.8 Å². The van der Waals surface area contributed by atoms with Crippen LogP contribution in [-0.2, 0) is 0 Å². The smallest absolute Gasteiger partial charge is 0.0254 e. The molecule has 0 saturated heterocycles. The third-order valence-corrected chi connectivity index (χ3v) is 4.80. The average Bonchev–Trinajstić information content (AvgIpc) is 3.12. The van der Waals surface area contributed by atoms with E-state index in [1.165, 1.54) is 38.6 Å². The Bertz CT molecular complexity index is 247. The first-order valence-electron chi connectivity index (χ1n) is 8.11. The molecule has 106 valence electrons. The van der Waals surface area contributed by atoms with Crippen molar-refractivity contribution in [3.63, 3.8) is 0 Å². The van der Waals surface area contributed by atoms with Crippen LogP contribution in [-0.4, -0.2) is 36.1 Å². The molecule has 2 nitrogen and oxygen atoms in total. The first-order valence-corrected chi connectivity index (χ1v) is 8.11. The molecule has 1 N–H and O–H groups in total. The molecule has 2 fully saturated rings. The summed E-state index contributed by atoms with van der Waals surface area (Å²) >= 11 is 0. The summed E-state index contributed by atoms with van der Waals surface area (Å²) in [6, 6.07) is 2.20. The monoisotopic (exact) mass is 252 g/mol. The molecule has 2 heteroatoms. The zero-order chi connectivity index (χ0) is 13.1. The summed E-state index contributed by atoms with van der Waals surface area (Å²) in [6.07, 6.45) is 7.11. The van der Waals surface area contributed by atoms with Crippen LogP contribution in [0.4, 0.5) is 0 Å². The number of rotatable bonds is 6. The van der Waals surface area contributed by atoms with Crippen molar-refractivity contribution in [2.24, 2.45) is 11.8 Å².